The number of nitrogens with one attached hydrogen (secondary N) is 1. The molecule has 0 unspecified atom stereocenters. The van der Waals surface area contributed by atoms with Gasteiger partial charge in [-0.25, -0.2) is 0 Å². The third kappa shape index (κ3) is 4.22. The molecule has 23 heavy (non-hydrogen) atoms. The molecule has 0 radical (unpaired) electrons. The Morgan fingerprint density at radius 1 is 1.00 bits per heavy atom. The Morgan fingerprint density at radius 3 is 2.39 bits per heavy atom. The normalized spacial score (nSPS) is 10.3. The molecule has 120 valence electrons. The molecule has 3 nitrogen and oxygen atoms in total. The Kier molecular flexibility index (Phi) is 6.39. The maximum Gasteiger partial charge on any atom is 0.166 e. The number of aldehydes is 1. The van der Waals surface area contributed by atoms with Gasteiger partial charge >= 0.3 is 0 Å². The molecular weight excluding hydrogens is 377 g/mol. The molecule has 0 saturated carbocycles. The number of carbonyl (C=O) groups excluding carboxylic acids is 1. The number of halogens is 3. The zero-order valence-electron chi connectivity index (χ0n) is 11.9. The van der Waals surface area contributed by atoms with Gasteiger partial charge in [-0.3, -0.25) is 4.79 Å². The lowest BCUT2D eigenvalue weighted by molar-refractivity contribution is 0.112. The summed E-state index contributed by atoms with van der Waals surface area (Å²) in [6, 6.07) is 10.8. The number of hydrogen-bond donors (Lipinski definition) is 2. The first-order valence-corrected chi connectivity index (χ1v) is 8.37. The lowest BCUT2D eigenvalue weighted by Crippen LogP contribution is -1.79. The second-order valence-corrected chi connectivity index (χ2v) is 6.75. The second kappa shape index (κ2) is 8.08. The van der Waals surface area contributed by atoms with E-state index in [-0.39, 0.29) is 0 Å². The number of hydrogen-bond acceptors (Lipinski definition) is 3. The van der Waals surface area contributed by atoms with Crippen LogP contribution < -0.4 is 0 Å². The van der Waals surface area contributed by atoms with Crippen LogP contribution in [-0.4, -0.2) is 23.5 Å². The zero-order chi connectivity index (χ0) is 17.0. The number of aliphatic hydroxyl groups excluding tert-OH is 1. The van der Waals surface area contributed by atoms with E-state index in [1.54, 1.807) is 24.3 Å². The Labute approximate surface area is 152 Å². The third-order valence-corrected chi connectivity index (χ3v) is 4.94. The Bertz CT molecular complexity index is 849. The number of benzene rings is 2. The standard InChI is InChI=1S/C15H8Cl3NOS.CH4O/c16-8-1-2-14(12(18)3-8)21-15-5-9(17)4-13-11(15)6-10(7-20)19-13;1-2/h1-7,19H;2H,1H3. The summed E-state index contributed by atoms with van der Waals surface area (Å²) in [6.07, 6.45) is 0.775. The van der Waals surface area contributed by atoms with Crippen LogP contribution in [0.1, 0.15) is 10.5 Å². The quantitative estimate of drug-likeness (QED) is 0.566. The SMILES string of the molecule is CO.O=Cc1cc2c(Sc3ccc(Cl)cc3Cl)cc(Cl)cc2[nH]1. The second-order valence-electron chi connectivity index (χ2n) is 4.38. The summed E-state index contributed by atoms with van der Waals surface area (Å²) in [7, 11) is 1.00. The fourth-order valence-corrected chi connectivity index (χ4v) is 3.82. The minimum atomic E-state index is 0.510. The van der Waals surface area contributed by atoms with Gasteiger partial charge in [0, 0.05) is 37.8 Å². The summed E-state index contributed by atoms with van der Waals surface area (Å²) in [4.78, 5) is 15.7. The van der Waals surface area contributed by atoms with E-state index in [1.807, 2.05) is 12.1 Å². The van der Waals surface area contributed by atoms with E-state index in [4.69, 9.17) is 39.9 Å². The summed E-state index contributed by atoms with van der Waals surface area (Å²) in [5, 5.41) is 9.68. The van der Waals surface area contributed by atoms with Gasteiger partial charge in [0.05, 0.1) is 10.7 Å². The summed E-state index contributed by atoms with van der Waals surface area (Å²) in [5.74, 6) is 0. The van der Waals surface area contributed by atoms with Crippen LogP contribution in [0.3, 0.4) is 0 Å². The van der Waals surface area contributed by atoms with E-state index in [2.05, 4.69) is 4.98 Å². The van der Waals surface area contributed by atoms with E-state index < -0.39 is 0 Å². The van der Waals surface area contributed by atoms with Crippen molar-refractivity contribution in [2.45, 2.75) is 9.79 Å². The highest BCUT2D eigenvalue weighted by Gasteiger charge is 2.11. The van der Waals surface area contributed by atoms with Crippen LogP contribution in [0.25, 0.3) is 10.9 Å². The molecule has 3 rings (SSSR count). The summed E-state index contributed by atoms with van der Waals surface area (Å²) in [5.41, 5.74) is 1.33. The molecule has 0 amide bonds. The first-order chi connectivity index (χ1) is 11.1. The van der Waals surface area contributed by atoms with Crippen LogP contribution in [0.2, 0.25) is 15.1 Å². The first-order valence-electron chi connectivity index (χ1n) is 6.42. The third-order valence-electron chi connectivity index (χ3n) is 2.93. The molecule has 0 aliphatic carbocycles. The summed E-state index contributed by atoms with van der Waals surface area (Å²) in [6.45, 7) is 0. The van der Waals surface area contributed by atoms with Gasteiger partial charge in [0.2, 0.25) is 0 Å². The van der Waals surface area contributed by atoms with Crippen molar-refractivity contribution >= 4 is 63.8 Å². The van der Waals surface area contributed by atoms with Crippen LogP contribution in [0, 0.1) is 0 Å². The van der Waals surface area contributed by atoms with Crippen LogP contribution in [0.4, 0.5) is 0 Å². The highest BCUT2D eigenvalue weighted by atomic mass is 35.5. The van der Waals surface area contributed by atoms with Crippen molar-refractivity contribution in [2.75, 3.05) is 7.11 Å². The first kappa shape index (κ1) is 18.2. The van der Waals surface area contributed by atoms with Crippen LogP contribution in [0.15, 0.2) is 46.2 Å². The Hall–Kier alpha value is -1.17. The molecule has 1 aromatic heterocycles. The average Bonchev–Trinajstić information content (AvgIpc) is 2.95. The van der Waals surface area contributed by atoms with Crippen molar-refractivity contribution in [1.82, 2.24) is 4.98 Å². The van der Waals surface area contributed by atoms with Crippen LogP contribution in [-0.2, 0) is 0 Å². The van der Waals surface area contributed by atoms with Gasteiger partial charge in [-0.05, 0) is 36.4 Å². The van der Waals surface area contributed by atoms with Crippen molar-refractivity contribution in [3.63, 3.8) is 0 Å². The Balaban J connectivity index is 0.000000924. The molecule has 0 bridgehead atoms. The number of fused-ring (bicyclic) bond motifs is 1. The van der Waals surface area contributed by atoms with Gasteiger partial charge < -0.3 is 10.1 Å². The van der Waals surface area contributed by atoms with Gasteiger partial charge in [0.1, 0.15) is 0 Å². The van der Waals surface area contributed by atoms with Gasteiger partial charge in [0.15, 0.2) is 6.29 Å². The fourth-order valence-electron chi connectivity index (χ4n) is 2.02. The smallest absolute Gasteiger partial charge is 0.166 e. The highest BCUT2D eigenvalue weighted by Crippen LogP contribution is 2.39. The molecule has 2 aromatic carbocycles. The predicted molar refractivity (Wildman–Crippen MR) is 97.4 cm³/mol. The summed E-state index contributed by atoms with van der Waals surface area (Å²) < 4.78 is 0. The fraction of sp³-hybridized carbons (Fsp3) is 0.0625. The molecule has 0 atom stereocenters. The zero-order valence-corrected chi connectivity index (χ0v) is 15.0. The van der Waals surface area contributed by atoms with Gasteiger partial charge in [-0.1, -0.05) is 46.6 Å². The number of aliphatic hydroxyl groups is 1. The van der Waals surface area contributed by atoms with Gasteiger partial charge in [-0.15, -0.1) is 0 Å². The van der Waals surface area contributed by atoms with Crippen molar-refractivity contribution in [2.24, 2.45) is 0 Å². The van der Waals surface area contributed by atoms with E-state index in [0.29, 0.717) is 20.8 Å². The lowest BCUT2D eigenvalue weighted by Gasteiger charge is -2.06. The monoisotopic (exact) mass is 387 g/mol. The maximum atomic E-state index is 10.9. The maximum absolute atomic E-state index is 10.9. The molecule has 3 aromatic rings. The topological polar surface area (TPSA) is 53.1 Å². The number of rotatable bonds is 3. The van der Waals surface area contributed by atoms with E-state index >= 15 is 0 Å². The van der Waals surface area contributed by atoms with Gasteiger partial charge in [-0.2, -0.15) is 0 Å². The molecule has 0 aliphatic heterocycles. The molecule has 0 aliphatic rings. The molecule has 0 spiro atoms. The predicted octanol–water partition coefficient (Wildman–Crippen LogP) is 5.70. The van der Waals surface area contributed by atoms with E-state index in [9.17, 15) is 4.79 Å². The minimum Gasteiger partial charge on any atom is -0.400 e. The Morgan fingerprint density at radius 2 is 1.74 bits per heavy atom. The number of aromatic amines is 1. The molecule has 0 saturated heterocycles. The van der Waals surface area contributed by atoms with Crippen molar-refractivity contribution in [1.29, 1.82) is 0 Å². The minimum absolute atomic E-state index is 0.510. The molecule has 2 N–H and O–H groups in total. The largest absolute Gasteiger partial charge is 0.400 e. The van der Waals surface area contributed by atoms with Gasteiger partial charge in [0.25, 0.3) is 0 Å². The molecular formula is C16H12Cl3NO2S. The molecule has 7 heteroatoms. The highest BCUT2D eigenvalue weighted by molar-refractivity contribution is 7.99. The van der Waals surface area contributed by atoms with Crippen LogP contribution in [0.5, 0.6) is 0 Å². The van der Waals surface area contributed by atoms with Crippen LogP contribution >= 0.6 is 46.6 Å². The lowest BCUT2D eigenvalue weighted by atomic mass is 10.2. The number of aromatic nitrogens is 1. The molecule has 0 fully saturated rings. The molecule has 1 heterocycles. The van der Waals surface area contributed by atoms with Crippen molar-refractivity contribution in [3.8, 4) is 0 Å². The average molecular weight is 389 g/mol. The van der Waals surface area contributed by atoms with E-state index in [0.717, 1.165) is 34.1 Å². The van der Waals surface area contributed by atoms with E-state index in [1.165, 1.54) is 11.8 Å². The van der Waals surface area contributed by atoms with Crippen molar-refractivity contribution < 1.29 is 9.90 Å². The summed E-state index contributed by atoms with van der Waals surface area (Å²) >= 11 is 19.7. The van der Waals surface area contributed by atoms with Crippen molar-refractivity contribution in [3.05, 3.63) is 57.2 Å². The number of carbonyl (C=O) groups is 1. The number of H-pyrrole nitrogens is 1.